The third-order valence-electron chi connectivity index (χ3n) is 2.63. The third kappa shape index (κ3) is 7.24. The highest BCUT2D eigenvalue weighted by Crippen LogP contribution is 2.06. The summed E-state index contributed by atoms with van der Waals surface area (Å²) in [6, 6.07) is -1.52. The maximum atomic E-state index is 11.7. The van der Waals surface area contributed by atoms with Crippen molar-refractivity contribution in [1.29, 1.82) is 0 Å². The monoisotopic (exact) mass is 259 g/mol. The van der Waals surface area contributed by atoms with Gasteiger partial charge < -0.3 is 21.9 Å². The molecule has 18 heavy (non-hydrogen) atoms. The molecule has 2 atom stereocenters. The van der Waals surface area contributed by atoms with Gasteiger partial charge in [0.2, 0.25) is 5.91 Å². The van der Waals surface area contributed by atoms with Gasteiger partial charge in [0.15, 0.2) is 0 Å². The Balaban J connectivity index is 4.19. The van der Waals surface area contributed by atoms with Crippen LogP contribution in [-0.2, 0) is 9.59 Å². The van der Waals surface area contributed by atoms with Crippen molar-refractivity contribution >= 4 is 11.9 Å². The van der Waals surface area contributed by atoms with Crippen LogP contribution in [0, 0.1) is 5.92 Å². The lowest BCUT2D eigenvalue weighted by Gasteiger charge is -2.19. The van der Waals surface area contributed by atoms with E-state index in [-0.39, 0.29) is 5.92 Å². The number of carboxylic acid groups (broad SMARTS) is 1. The van der Waals surface area contributed by atoms with Gasteiger partial charge in [-0.2, -0.15) is 0 Å². The molecule has 6 N–H and O–H groups in total. The molecule has 0 rings (SSSR count). The minimum atomic E-state index is -1.02. The Morgan fingerprint density at radius 3 is 2.33 bits per heavy atom. The summed E-state index contributed by atoms with van der Waals surface area (Å²) >= 11 is 0. The van der Waals surface area contributed by atoms with Crippen molar-refractivity contribution in [3.63, 3.8) is 0 Å². The topological polar surface area (TPSA) is 118 Å². The fourth-order valence-electron chi connectivity index (χ4n) is 1.61. The van der Waals surface area contributed by atoms with Crippen LogP contribution < -0.4 is 16.8 Å². The minimum absolute atomic E-state index is 0.194. The Hall–Kier alpha value is -1.14. The molecule has 0 aliphatic heterocycles. The number of hydrogen-bond acceptors (Lipinski definition) is 4. The molecule has 0 radical (unpaired) electrons. The zero-order valence-corrected chi connectivity index (χ0v) is 11.2. The molecule has 0 bridgehead atoms. The van der Waals surface area contributed by atoms with Gasteiger partial charge >= 0.3 is 5.97 Å². The van der Waals surface area contributed by atoms with E-state index in [1.54, 1.807) is 0 Å². The molecule has 6 heteroatoms. The number of unbranched alkanes of at least 4 members (excludes halogenated alkanes) is 1. The summed E-state index contributed by atoms with van der Waals surface area (Å²) in [7, 11) is 0. The van der Waals surface area contributed by atoms with Crippen molar-refractivity contribution in [2.75, 3.05) is 6.54 Å². The van der Waals surface area contributed by atoms with E-state index in [1.165, 1.54) is 0 Å². The van der Waals surface area contributed by atoms with Crippen LogP contribution in [0.5, 0.6) is 0 Å². The average Bonchev–Trinajstić information content (AvgIpc) is 2.27. The molecular formula is C12H25N3O3. The molecule has 0 saturated heterocycles. The summed E-state index contributed by atoms with van der Waals surface area (Å²) in [4.78, 5) is 22.7. The number of nitrogens with two attached hydrogens (primary N) is 2. The number of amides is 1. The lowest BCUT2D eigenvalue weighted by Crippen LogP contribution is -2.48. The van der Waals surface area contributed by atoms with E-state index in [4.69, 9.17) is 16.6 Å². The molecule has 0 aliphatic rings. The van der Waals surface area contributed by atoms with Gasteiger partial charge in [0.1, 0.15) is 6.04 Å². The van der Waals surface area contributed by atoms with E-state index in [1.807, 2.05) is 13.8 Å². The SMILES string of the molecule is CC(C)CC(NC(=O)C(N)CCCCN)C(=O)O. The summed E-state index contributed by atoms with van der Waals surface area (Å²) in [5.74, 6) is -1.23. The van der Waals surface area contributed by atoms with Gasteiger partial charge in [-0.05, 0) is 31.7 Å². The summed E-state index contributed by atoms with van der Waals surface area (Å²) in [5.41, 5.74) is 11.0. The summed E-state index contributed by atoms with van der Waals surface area (Å²) in [5, 5.41) is 11.5. The van der Waals surface area contributed by atoms with E-state index >= 15 is 0 Å². The molecule has 6 nitrogen and oxygen atoms in total. The second-order valence-electron chi connectivity index (χ2n) is 4.92. The Morgan fingerprint density at radius 1 is 1.28 bits per heavy atom. The molecule has 0 aromatic rings. The lowest BCUT2D eigenvalue weighted by molar-refractivity contribution is -0.142. The van der Waals surface area contributed by atoms with E-state index in [0.717, 1.165) is 12.8 Å². The fraction of sp³-hybridized carbons (Fsp3) is 0.833. The van der Waals surface area contributed by atoms with Crippen LogP contribution in [0.25, 0.3) is 0 Å². The van der Waals surface area contributed by atoms with Crippen molar-refractivity contribution in [3.8, 4) is 0 Å². The first kappa shape index (κ1) is 16.9. The molecule has 2 unspecified atom stereocenters. The number of carbonyl (C=O) groups is 2. The van der Waals surface area contributed by atoms with Gasteiger partial charge in [-0.25, -0.2) is 4.79 Å². The number of nitrogens with one attached hydrogen (secondary N) is 1. The van der Waals surface area contributed by atoms with Crippen LogP contribution in [-0.4, -0.2) is 35.6 Å². The third-order valence-corrected chi connectivity index (χ3v) is 2.63. The normalized spacial score (nSPS) is 14.3. The molecule has 106 valence electrons. The number of aliphatic carboxylic acids is 1. The summed E-state index contributed by atoms with van der Waals surface area (Å²) in [6.45, 7) is 4.38. The van der Waals surface area contributed by atoms with Gasteiger partial charge in [0.25, 0.3) is 0 Å². The quantitative estimate of drug-likeness (QED) is 0.437. The molecule has 0 fully saturated rings. The standard InChI is InChI=1S/C12H25N3O3/c1-8(2)7-10(12(17)18)15-11(16)9(14)5-3-4-6-13/h8-10H,3-7,13-14H2,1-2H3,(H,15,16)(H,17,18). The Morgan fingerprint density at radius 2 is 1.89 bits per heavy atom. The fourth-order valence-corrected chi connectivity index (χ4v) is 1.61. The highest BCUT2D eigenvalue weighted by Gasteiger charge is 2.23. The van der Waals surface area contributed by atoms with E-state index in [9.17, 15) is 9.59 Å². The molecule has 1 amide bonds. The van der Waals surface area contributed by atoms with Gasteiger partial charge in [-0.1, -0.05) is 20.3 Å². The van der Waals surface area contributed by atoms with Crippen molar-refractivity contribution in [2.45, 2.75) is 51.6 Å². The maximum Gasteiger partial charge on any atom is 0.326 e. The molecule has 0 saturated carbocycles. The lowest BCUT2D eigenvalue weighted by atomic mass is 10.0. The van der Waals surface area contributed by atoms with Gasteiger partial charge in [-0.15, -0.1) is 0 Å². The Kier molecular flexibility index (Phi) is 8.32. The first-order valence-electron chi connectivity index (χ1n) is 6.37. The van der Waals surface area contributed by atoms with Crippen molar-refractivity contribution in [1.82, 2.24) is 5.32 Å². The first-order chi connectivity index (χ1) is 8.38. The number of rotatable bonds is 9. The van der Waals surface area contributed by atoms with E-state index in [0.29, 0.717) is 19.4 Å². The Labute approximate surface area is 108 Å². The largest absolute Gasteiger partial charge is 0.480 e. The van der Waals surface area contributed by atoms with Gasteiger partial charge in [0, 0.05) is 0 Å². The predicted molar refractivity (Wildman–Crippen MR) is 69.9 cm³/mol. The molecular weight excluding hydrogens is 234 g/mol. The maximum absolute atomic E-state index is 11.7. The molecule has 0 aliphatic carbocycles. The second-order valence-corrected chi connectivity index (χ2v) is 4.92. The van der Waals surface area contributed by atoms with Gasteiger partial charge in [-0.3, -0.25) is 4.79 Å². The molecule has 0 spiro atoms. The summed E-state index contributed by atoms with van der Waals surface area (Å²) in [6.07, 6.45) is 2.51. The number of hydrogen-bond donors (Lipinski definition) is 4. The van der Waals surface area contributed by atoms with Crippen LogP contribution in [0.3, 0.4) is 0 Å². The van der Waals surface area contributed by atoms with Crippen molar-refractivity contribution in [3.05, 3.63) is 0 Å². The predicted octanol–water partition coefficient (Wildman–Crippen LogP) is 0.0582. The highest BCUT2D eigenvalue weighted by atomic mass is 16.4. The average molecular weight is 259 g/mol. The summed E-state index contributed by atoms with van der Waals surface area (Å²) < 4.78 is 0. The highest BCUT2D eigenvalue weighted by molar-refractivity contribution is 5.86. The van der Waals surface area contributed by atoms with Crippen LogP contribution in [0.1, 0.15) is 39.5 Å². The van der Waals surface area contributed by atoms with Gasteiger partial charge in [0.05, 0.1) is 6.04 Å². The zero-order valence-electron chi connectivity index (χ0n) is 11.2. The van der Waals surface area contributed by atoms with E-state index < -0.39 is 24.0 Å². The Bertz CT molecular complexity index is 269. The smallest absolute Gasteiger partial charge is 0.326 e. The van der Waals surface area contributed by atoms with Crippen LogP contribution in [0.2, 0.25) is 0 Å². The van der Waals surface area contributed by atoms with Crippen LogP contribution in [0.15, 0.2) is 0 Å². The zero-order chi connectivity index (χ0) is 14.1. The minimum Gasteiger partial charge on any atom is -0.480 e. The molecule has 0 aromatic heterocycles. The van der Waals surface area contributed by atoms with Crippen LogP contribution in [0.4, 0.5) is 0 Å². The molecule has 0 heterocycles. The van der Waals surface area contributed by atoms with Crippen molar-refractivity contribution < 1.29 is 14.7 Å². The van der Waals surface area contributed by atoms with E-state index in [2.05, 4.69) is 5.32 Å². The number of carboxylic acids is 1. The molecule has 0 aromatic carbocycles. The first-order valence-corrected chi connectivity index (χ1v) is 6.37. The van der Waals surface area contributed by atoms with Crippen molar-refractivity contribution in [2.24, 2.45) is 17.4 Å². The van der Waals surface area contributed by atoms with Crippen LogP contribution >= 0.6 is 0 Å². The second kappa shape index (κ2) is 8.88. The number of carbonyl (C=O) groups excluding carboxylic acids is 1.